The van der Waals surface area contributed by atoms with E-state index in [4.69, 9.17) is 0 Å². The van der Waals surface area contributed by atoms with E-state index in [9.17, 15) is 29.3 Å². The van der Waals surface area contributed by atoms with Crippen LogP contribution in [0.4, 0.5) is 17.1 Å². The van der Waals surface area contributed by atoms with Crippen LogP contribution < -0.4 is 15.1 Å². The molecule has 224 valence electrons. The maximum absolute atomic E-state index is 14.0. The molecule has 0 spiro atoms. The van der Waals surface area contributed by atoms with E-state index in [2.05, 4.69) is 21.2 Å². The predicted molar refractivity (Wildman–Crippen MR) is 176 cm³/mol. The number of anilines is 2. The number of hydrogen-bond donors (Lipinski definition) is 1. The van der Waals surface area contributed by atoms with Crippen LogP contribution in [0.15, 0.2) is 105 Å². The molecule has 13 heteroatoms. The van der Waals surface area contributed by atoms with E-state index in [1.807, 2.05) is 60.7 Å². The number of non-ortho nitro benzene ring substituents is 1. The van der Waals surface area contributed by atoms with Gasteiger partial charge < -0.3 is 5.32 Å². The zero-order chi connectivity index (χ0) is 31.4. The van der Waals surface area contributed by atoms with Gasteiger partial charge in [0.05, 0.1) is 21.6 Å². The first-order chi connectivity index (χ1) is 21.7. The van der Waals surface area contributed by atoms with Gasteiger partial charge in [0, 0.05) is 38.5 Å². The number of nitrogens with one attached hydrogen (secondary N) is 1. The zero-order valence-corrected chi connectivity index (χ0v) is 26.3. The Bertz CT molecular complexity index is 2090. The smallest absolute Gasteiger partial charge is 0.308 e. The van der Waals surface area contributed by atoms with Crippen LogP contribution >= 0.6 is 39.0 Å². The first-order valence-electron chi connectivity index (χ1n) is 13.8. The van der Waals surface area contributed by atoms with Gasteiger partial charge in [-0.15, -0.1) is 0 Å². The predicted octanol–water partition coefficient (Wildman–Crippen LogP) is 6.17. The van der Waals surface area contributed by atoms with Crippen molar-refractivity contribution >= 4 is 84.6 Å². The van der Waals surface area contributed by atoms with E-state index in [1.54, 1.807) is 6.07 Å². The van der Waals surface area contributed by atoms with Crippen LogP contribution in [0.25, 0.3) is 10.8 Å². The summed E-state index contributed by atoms with van der Waals surface area (Å²) in [5.41, 5.74) is 1.43. The second-order valence-corrected chi connectivity index (χ2v) is 13.6. The number of benzene rings is 4. The second kappa shape index (κ2) is 11.4. The van der Waals surface area contributed by atoms with Gasteiger partial charge in [0.25, 0.3) is 5.69 Å². The van der Waals surface area contributed by atoms with Crippen molar-refractivity contribution in [1.29, 1.82) is 0 Å². The zero-order valence-electron chi connectivity index (χ0n) is 23.1. The molecular formula is C32H21BrN4O6S2. The minimum absolute atomic E-state index is 0.162. The van der Waals surface area contributed by atoms with Crippen LogP contribution in [-0.2, 0) is 20.9 Å². The van der Waals surface area contributed by atoms with Crippen LogP contribution in [0.3, 0.4) is 0 Å². The molecular weight excluding hydrogens is 680 g/mol. The highest BCUT2D eigenvalue weighted by molar-refractivity contribution is 9.10. The highest BCUT2D eigenvalue weighted by Crippen LogP contribution is 2.54. The van der Waals surface area contributed by atoms with E-state index in [0.29, 0.717) is 15.6 Å². The van der Waals surface area contributed by atoms with Crippen molar-refractivity contribution in [3.05, 3.63) is 126 Å². The fourth-order valence-electron chi connectivity index (χ4n) is 5.93. The van der Waals surface area contributed by atoms with Crippen LogP contribution in [0.2, 0.25) is 0 Å². The number of nitrogens with zero attached hydrogens (tertiary/aromatic N) is 3. The lowest BCUT2D eigenvalue weighted by atomic mass is 9.83. The third kappa shape index (κ3) is 5.06. The Hall–Kier alpha value is -4.59. The summed E-state index contributed by atoms with van der Waals surface area (Å²) in [4.78, 5) is 66.6. The summed E-state index contributed by atoms with van der Waals surface area (Å²) >= 11 is 5.52. The minimum Gasteiger partial charge on any atom is -0.324 e. The number of carbonyl (C=O) groups is 3. The second-order valence-electron chi connectivity index (χ2n) is 10.6. The highest BCUT2D eigenvalue weighted by atomic mass is 79.9. The fourth-order valence-corrected chi connectivity index (χ4v) is 8.97. The van der Waals surface area contributed by atoms with E-state index in [-0.39, 0.29) is 22.8 Å². The Labute approximate surface area is 271 Å². The molecule has 1 fully saturated rings. The maximum atomic E-state index is 14.0. The number of nitro groups is 1. The van der Waals surface area contributed by atoms with Crippen LogP contribution in [-0.4, -0.2) is 32.5 Å². The molecule has 1 N–H and O–H groups in total. The van der Waals surface area contributed by atoms with E-state index < -0.39 is 39.7 Å². The van der Waals surface area contributed by atoms with Gasteiger partial charge in [-0.25, -0.2) is 4.90 Å². The summed E-state index contributed by atoms with van der Waals surface area (Å²) in [5.74, 6) is -2.80. The quantitative estimate of drug-likeness (QED) is 0.127. The lowest BCUT2D eigenvalue weighted by Gasteiger charge is -2.30. The molecule has 0 unspecified atom stereocenters. The van der Waals surface area contributed by atoms with Gasteiger partial charge in [-0.2, -0.15) is 0 Å². The number of hydrogen-bond acceptors (Lipinski definition) is 8. The SMILES string of the molecule is O=C(Cn1c2c(sc1=O)[C@@H](c1ccc(Br)cc1)[C@@H]1C(=O)N(c3ccc([N+](=O)[O-])cc3)C(=O)[C@@H]1S2)Nc1cccc2ccccc12. The molecule has 0 radical (unpaired) electrons. The fraction of sp³-hybridized carbons (Fsp3) is 0.125. The Balaban J connectivity index is 1.27. The molecule has 3 heterocycles. The van der Waals surface area contributed by atoms with Crippen molar-refractivity contribution < 1.29 is 19.3 Å². The summed E-state index contributed by atoms with van der Waals surface area (Å²) in [6.07, 6.45) is 0. The van der Waals surface area contributed by atoms with Gasteiger partial charge in [-0.3, -0.25) is 33.9 Å². The number of amides is 3. The van der Waals surface area contributed by atoms with Gasteiger partial charge in [0.2, 0.25) is 17.7 Å². The summed E-state index contributed by atoms with van der Waals surface area (Å²) in [7, 11) is 0. The first-order valence-corrected chi connectivity index (χ1v) is 16.3. The number of rotatable bonds is 6. The number of aromatic nitrogens is 1. The molecule has 0 aliphatic carbocycles. The number of thiazole rings is 1. The molecule has 3 amide bonds. The molecule has 0 bridgehead atoms. The third-order valence-corrected chi connectivity index (χ3v) is 11.1. The average Bonchev–Trinajstić information content (AvgIpc) is 3.48. The highest BCUT2D eigenvalue weighted by Gasteiger charge is 2.56. The van der Waals surface area contributed by atoms with Gasteiger partial charge >= 0.3 is 4.87 Å². The van der Waals surface area contributed by atoms with Crippen molar-refractivity contribution in [3.63, 3.8) is 0 Å². The van der Waals surface area contributed by atoms with Gasteiger partial charge in [-0.05, 0) is 41.3 Å². The number of imide groups is 1. The first kappa shape index (κ1) is 29.1. The van der Waals surface area contributed by atoms with Crippen molar-refractivity contribution in [2.24, 2.45) is 5.92 Å². The number of halogens is 1. The average molecular weight is 702 g/mol. The Morgan fingerprint density at radius 3 is 2.36 bits per heavy atom. The topological polar surface area (TPSA) is 132 Å². The van der Waals surface area contributed by atoms with Crippen LogP contribution in [0.1, 0.15) is 16.4 Å². The van der Waals surface area contributed by atoms with Crippen molar-refractivity contribution in [3.8, 4) is 0 Å². The van der Waals surface area contributed by atoms with Gasteiger partial charge in [0.1, 0.15) is 11.8 Å². The standard InChI is InChI=1S/C32H21BrN4O6S2/c33-19-10-8-18(9-11-19)25-26-27(30(40)36(29(26)39)20-12-14-21(15-13-20)37(42)43)44-31-28(25)45-32(41)35(31)16-24(38)34-23-7-3-5-17-4-1-2-6-22(17)23/h1-15,25-27H,16H2,(H,34,38)/t25-,26-,27+/m0/s1. The number of carbonyl (C=O) groups excluding carboxylic acids is 3. The van der Waals surface area contributed by atoms with E-state index in [1.165, 1.54) is 28.8 Å². The largest absolute Gasteiger partial charge is 0.324 e. The van der Waals surface area contributed by atoms with Gasteiger partial charge in [0.15, 0.2) is 0 Å². The number of fused-ring (bicyclic) bond motifs is 3. The normalized spacial score (nSPS) is 19.0. The monoisotopic (exact) mass is 700 g/mol. The van der Waals surface area contributed by atoms with Crippen molar-refractivity contribution in [2.75, 3.05) is 10.2 Å². The lowest BCUT2D eigenvalue weighted by molar-refractivity contribution is -0.384. The Kier molecular flexibility index (Phi) is 7.38. The molecule has 4 aromatic carbocycles. The molecule has 45 heavy (non-hydrogen) atoms. The molecule has 3 atom stereocenters. The molecule has 1 saturated heterocycles. The molecule has 7 rings (SSSR count). The van der Waals surface area contributed by atoms with Crippen LogP contribution in [0, 0.1) is 16.0 Å². The molecule has 10 nitrogen and oxygen atoms in total. The number of thioether (sulfide) groups is 1. The van der Waals surface area contributed by atoms with Crippen molar-refractivity contribution in [2.45, 2.75) is 22.7 Å². The summed E-state index contributed by atoms with van der Waals surface area (Å²) in [5, 5.41) is 15.5. The minimum atomic E-state index is -0.879. The molecule has 2 aliphatic rings. The Morgan fingerprint density at radius 2 is 1.62 bits per heavy atom. The Morgan fingerprint density at radius 1 is 0.911 bits per heavy atom. The molecule has 2 aliphatic heterocycles. The van der Waals surface area contributed by atoms with E-state index >= 15 is 0 Å². The third-order valence-electron chi connectivity index (χ3n) is 7.96. The lowest BCUT2D eigenvalue weighted by Crippen LogP contribution is -2.33. The molecule has 0 saturated carbocycles. The summed E-state index contributed by atoms with van der Waals surface area (Å²) in [6.45, 7) is -0.278. The summed E-state index contributed by atoms with van der Waals surface area (Å²) in [6, 6.07) is 25.8. The van der Waals surface area contributed by atoms with Crippen molar-refractivity contribution in [1.82, 2.24) is 4.57 Å². The molecule has 1 aromatic heterocycles. The van der Waals surface area contributed by atoms with E-state index in [0.717, 1.165) is 48.8 Å². The number of nitro benzene ring substituents is 1. The maximum Gasteiger partial charge on any atom is 0.308 e. The van der Waals surface area contributed by atoms with Crippen LogP contribution in [0.5, 0.6) is 0 Å². The summed E-state index contributed by atoms with van der Waals surface area (Å²) < 4.78 is 2.20. The molecule has 5 aromatic rings. The van der Waals surface area contributed by atoms with Gasteiger partial charge in [-0.1, -0.05) is 87.6 Å².